The summed E-state index contributed by atoms with van der Waals surface area (Å²) in [5.74, 6) is 0.406. The third-order valence-corrected chi connectivity index (χ3v) is 3.39. The first kappa shape index (κ1) is 18.5. The highest BCUT2D eigenvalue weighted by Gasteiger charge is 2.07. The lowest BCUT2D eigenvalue weighted by molar-refractivity contribution is -0.117. The summed E-state index contributed by atoms with van der Waals surface area (Å²) in [6.07, 6.45) is 0.288. The average Bonchev–Trinajstić information content (AvgIpc) is 2.62. The molecule has 0 spiro atoms. The Morgan fingerprint density at radius 1 is 0.920 bits per heavy atom. The first-order valence-corrected chi connectivity index (χ1v) is 8.05. The molecule has 0 radical (unpaired) electrons. The molecular formula is C19H22N2O4. The maximum atomic E-state index is 12.3. The van der Waals surface area contributed by atoms with Crippen molar-refractivity contribution in [3.8, 4) is 5.75 Å². The lowest BCUT2D eigenvalue weighted by Crippen LogP contribution is -2.14. The lowest BCUT2D eigenvalue weighted by atomic mass is 10.2. The summed E-state index contributed by atoms with van der Waals surface area (Å²) in [6, 6.07) is 13.9. The number of amides is 2. The smallest absolute Gasteiger partial charge is 0.255 e. The van der Waals surface area contributed by atoms with Crippen LogP contribution in [0.15, 0.2) is 48.5 Å². The Hall–Kier alpha value is -2.86. The van der Waals surface area contributed by atoms with Gasteiger partial charge in [-0.3, -0.25) is 9.59 Å². The molecule has 0 aromatic heterocycles. The van der Waals surface area contributed by atoms with Gasteiger partial charge in [-0.2, -0.15) is 0 Å². The maximum Gasteiger partial charge on any atom is 0.255 e. The van der Waals surface area contributed by atoms with Crippen LogP contribution in [0.3, 0.4) is 0 Å². The first-order valence-electron chi connectivity index (χ1n) is 8.05. The van der Waals surface area contributed by atoms with Crippen molar-refractivity contribution < 1.29 is 19.1 Å². The molecule has 2 rings (SSSR count). The van der Waals surface area contributed by atoms with Crippen LogP contribution in [0.4, 0.5) is 11.4 Å². The highest BCUT2D eigenvalue weighted by Crippen LogP contribution is 2.17. The van der Waals surface area contributed by atoms with Gasteiger partial charge in [0.15, 0.2) is 0 Å². The number of ether oxygens (including phenoxy) is 2. The zero-order valence-corrected chi connectivity index (χ0v) is 14.4. The van der Waals surface area contributed by atoms with Gasteiger partial charge in [0.1, 0.15) is 5.75 Å². The molecule has 6 nitrogen and oxygen atoms in total. The van der Waals surface area contributed by atoms with E-state index in [1.54, 1.807) is 55.6 Å². The van der Waals surface area contributed by atoms with Crippen LogP contribution in [0.2, 0.25) is 0 Å². The van der Waals surface area contributed by atoms with E-state index in [1.165, 1.54) is 0 Å². The topological polar surface area (TPSA) is 76.7 Å². The summed E-state index contributed by atoms with van der Waals surface area (Å²) in [5, 5.41) is 5.56. The molecule has 0 unspecified atom stereocenters. The Bertz CT molecular complexity index is 696. The molecular weight excluding hydrogens is 320 g/mol. The number of carbonyl (C=O) groups is 2. The number of hydrogen-bond acceptors (Lipinski definition) is 4. The van der Waals surface area contributed by atoms with Crippen LogP contribution in [-0.4, -0.2) is 32.1 Å². The van der Waals surface area contributed by atoms with E-state index in [0.29, 0.717) is 30.2 Å². The van der Waals surface area contributed by atoms with Crippen LogP contribution < -0.4 is 15.4 Å². The largest absolute Gasteiger partial charge is 0.494 e. The number of anilines is 2. The molecule has 0 atom stereocenters. The Balaban J connectivity index is 1.92. The number of benzene rings is 2. The van der Waals surface area contributed by atoms with Gasteiger partial charge in [-0.05, 0) is 55.5 Å². The number of carbonyl (C=O) groups excluding carboxylic acids is 2. The summed E-state index contributed by atoms with van der Waals surface area (Å²) in [5.41, 5.74) is 1.83. The third-order valence-electron chi connectivity index (χ3n) is 3.39. The second-order valence-corrected chi connectivity index (χ2v) is 5.28. The summed E-state index contributed by atoms with van der Waals surface area (Å²) < 4.78 is 10.2. The minimum Gasteiger partial charge on any atom is -0.494 e. The van der Waals surface area contributed by atoms with E-state index in [0.717, 1.165) is 5.75 Å². The molecule has 6 heteroatoms. The van der Waals surface area contributed by atoms with Gasteiger partial charge in [-0.15, -0.1) is 0 Å². The van der Waals surface area contributed by atoms with Crippen molar-refractivity contribution >= 4 is 23.2 Å². The Kier molecular flexibility index (Phi) is 6.98. The fourth-order valence-electron chi connectivity index (χ4n) is 2.13. The highest BCUT2D eigenvalue weighted by atomic mass is 16.5. The Morgan fingerprint density at radius 3 is 2.12 bits per heavy atom. The van der Waals surface area contributed by atoms with Crippen molar-refractivity contribution in [3.63, 3.8) is 0 Å². The molecule has 132 valence electrons. The van der Waals surface area contributed by atoms with Crippen molar-refractivity contribution in [2.75, 3.05) is 31.0 Å². The zero-order valence-electron chi connectivity index (χ0n) is 14.4. The van der Waals surface area contributed by atoms with Gasteiger partial charge in [0.05, 0.1) is 19.6 Å². The van der Waals surface area contributed by atoms with Crippen LogP contribution >= 0.6 is 0 Å². The minimum absolute atomic E-state index is 0.131. The van der Waals surface area contributed by atoms with Crippen molar-refractivity contribution in [1.82, 2.24) is 0 Å². The monoisotopic (exact) mass is 342 g/mol. The molecule has 2 aromatic carbocycles. The van der Waals surface area contributed by atoms with Crippen LogP contribution in [0.5, 0.6) is 5.75 Å². The maximum absolute atomic E-state index is 12.3. The lowest BCUT2D eigenvalue weighted by Gasteiger charge is -2.08. The van der Waals surface area contributed by atoms with E-state index < -0.39 is 0 Å². The predicted molar refractivity (Wildman–Crippen MR) is 97.1 cm³/mol. The number of rotatable bonds is 8. The molecule has 0 bridgehead atoms. The highest BCUT2D eigenvalue weighted by molar-refractivity contribution is 6.04. The van der Waals surface area contributed by atoms with E-state index in [4.69, 9.17) is 9.47 Å². The molecule has 2 aromatic rings. The van der Waals surface area contributed by atoms with Crippen molar-refractivity contribution in [2.45, 2.75) is 13.3 Å². The van der Waals surface area contributed by atoms with E-state index in [9.17, 15) is 9.59 Å². The zero-order chi connectivity index (χ0) is 18.1. The fraction of sp³-hybridized carbons (Fsp3) is 0.263. The number of hydrogen-bond donors (Lipinski definition) is 2. The Morgan fingerprint density at radius 2 is 1.52 bits per heavy atom. The molecule has 0 fully saturated rings. The molecule has 0 aliphatic heterocycles. The van der Waals surface area contributed by atoms with Gasteiger partial charge >= 0.3 is 0 Å². The predicted octanol–water partition coefficient (Wildman–Crippen LogP) is 3.31. The van der Waals surface area contributed by atoms with Crippen LogP contribution in [0.25, 0.3) is 0 Å². The van der Waals surface area contributed by atoms with Gasteiger partial charge in [0, 0.05) is 24.0 Å². The van der Waals surface area contributed by atoms with E-state index >= 15 is 0 Å². The first-order chi connectivity index (χ1) is 12.1. The quantitative estimate of drug-likeness (QED) is 0.771. The number of nitrogens with one attached hydrogen (secondary N) is 2. The van der Waals surface area contributed by atoms with Gasteiger partial charge in [0.2, 0.25) is 5.91 Å². The molecule has 0 aliphatic carbocycles. The average molecular weight is 342 g/mol. The van der Waals surface area contributed by atoms with Gasteiger partial charge in [-0.25, -0.2) is 0 Å². The SMILES string of the molecule is CCOc1ccc(NC(=O)c2ccc(NC(=O)CCOC)cc2)cc1. The van der Waals surface area contributed by atoms with Crippen LogP contribution in [-0.2, 0) is 9.53 Å². The van der Waals surface area contributed by atoms with Crippen LogP contribution in [0.1, 0.15) is 23.7 Å². The third kappa shape index (κ3) is 5.93. The van der Waals surface area contributed by atoms with Gasteiger partial charge in [-0.1, -0.05) is 0 Å². The summed E-state index contributed by atoms with van der Waals surface area (Å²) in [4.78, 5) is 23.9. The summed E-state index contributed by atoms with van der Waals surface area (Å²) in [6.45, 7) is 2.88. The second kappa shape index (κ2) is 9.44. The molecule has 0 heterocycles. The van der Waals surface area contributed by atoms with E-state index in [2.05, 4.69) is 10.6 Å². The normalized spacial score (nSPS) is 10.2. The van der Waals surface area contributed by atoms with E-state index in [1.807, 2.05) is 6.92 Å². The fourth-order valence-corrected chi connectivity index (χ4v) is 2.13. The molecule has 0 saturated heterocycles. The molecule has 0 aliphatic rings. The van der Waals surface area contributed by atoms with Crippen LogP contribution in [0, 0.1) is 0 Å². The molecule has 2 amide bonds. The van der Waals surface area contributed by atoms with Crippen molar-refractivity contribution in [1.29, 1.82) is 0 Å². The van der Waals surface area contributed by atoms with Gasteiger partial charge in [0.25, 0.3) is 5.91 Å². The minimum atomic E-state index is -0.221. The summed E-state index contributed by atoms with van der Waals surface area (Å²) in [7, 11) is 1.55. The molecule has 2 N–H and O–H groups in total. The summed E-state index contributed by atoms with van der Waals surface area (Å²) >= 11 is 0. The second-order valence-electron chi connectivity index (χ2n) is 5.28. The van der Waals surface area contributed by atoms with Gasteiger partial charge < -0.3 is 20.1 Å². The standard InChI is InChI=1S/C19H22N2O4/c1-3-25-17-10-8-16(9-11-17)21-19(23)14-4-6-15(7-5-14)20-18(22)12-13-24-2/h4-11H,3,12-13H2,1-2H3,(H,20,22)(H,21,23). The molecule has 25 heavy (non-hydrogen) atoms. The van der Waals surface area contributed by atoms with E-state index in [-0.39, 0.29) is 18.2 Å². The number of methoxy groups -OCH3 is 1. The van der Waals surface area contributed by atoms with Crippen molar-refractivity contribution in [3.05, 3.63) is 54.1 Å². The Labute approximate surface area is 147 Å². The molecule has 0 saturated carbocycles. The van der Waals surface area contributed by atoms with Crippen molar-refractivity contribution in [2.24, 2.45) is 0 Å².